The van der Waals surface area contributed by atoms with Gasteiger partial charge in [0.05, 0.1) is 0 Å². The van der Waals surface area contributed by atoms with Gasteiger partial charge in [0.15, 0.2) is 0 Å². The predicted molar refractivity (Wildman–Crippen MR) is 115 cm³/mol. The molecule has 0 aliphatic rings. The second-order valence-corrected chi connectivity index (χ2v) is 7.17. The summed E-state index contributed by atoms with van der Waals surface area (Å²) < 4.78 is 6.13. The van der Waals surface area contributed by atoms with E-state index < -0.39 is 0 Å². The minimum atomic E-state index is 0.600. The molecule has 2 nitrogen and oxygen atoms in total. The van der Waals surface area contributed by atoms with Crippen LogP contribution in [0.2, 0.25) is 0 Å². The van der Waals surface area contributed by atoms with Gasteiger partial charge in [0.1, 0.15) is 12.4 Å². The SMILES string of the molecule is CCCN(CCC)CCc1cccc(OCc2cccc3ccccc23)c1. The van der Waals surface area contributed by atoms with Crippen molar-refractivity contribution in [1.82, 2.24) is 4.90 Å². The average Bonchev–Trinajstić information content (AvgIpc) is 2.71. The molecule has 0 amide bonds. The smallest absolute Gasteiger partial charge is 0.120 e. The molecular weight excluding hydrogens is 330 g/mol. The van der Waals surface area contributed by atoms with Gasteiger partial charge in [-0.15, -0.1) is 0 Å². The molecule has 0 N–H and O–H groups in total. The van der Waals surface area contributed by atoms with Crippen LogP contribution in [0.4, 0.5) is 0 Å². The average molecular weight is 362 g/mol. The van der Waals surface area contributed by atoms with Crippen molar-refractivity contribution in [3.63, 3.8) is 0 Å². The van der Waals surface area contributed by atoms with Crippen LogP contribution in [-0.4, -0.2) is 24.5 Å². The molecular formula is C25H31NO. The zero-order valence-electron chi connectivity index (χ0n) is 16.7. The minimum Gasteiger partial charge on any atom is -0.489 e. The molecule has 0 fully saturated rings. The lowest BCUT2D eigenvalue weighted by molar-refractivity contribution is 0.277. The molecule has 3 aromatic carbocycles. The van der Waals surface area contributed by atoms with Crippen molar-refractivity contribution >= 4 is 10.8 Å². The van der Waals surface area contributed by atoms with Crippen molar-refractivity contribution in [2.24, 2.45) is 0 Å². The number of hydrogen-bond donors (Lipinski definition) is 0. The number of nitrogens with zero attached hydrogens (tertiary/aromatic N) is 1. The first-order valence-electron chi connectivity index (χ1n) is 10.2. The molecule has 142 valence electrons. The number of rotatable bonds is 10. The normalized spacial score (nSPS) is 11.2. The number of fused-ring (bicyclic) bond motifs is 1. The first kappa shape index (κ1) is 19.4. The lowest BCUT2D eigenvalue weighted by atomic mass is 10.1. The van der Waals surface area contributed by atoms with Crippen molar-refractivity contribution < 1.29 is 4.74 Å². The molecule has 3 rings (SSSR count). The third kappa shape index (κ3) is 5.58. The molecule has 0 saturated carbocycles. The second-order valence-electron chi connectivity index (χ2n) is 7.17. The molecule has 2 heteroatoms. The maximum atomic E-state index is 6.13. The van der Waals surface area contributed by atoms with E-state index in [1.54, 1.807) is 0 Å². The summed E-state index contributed by atoms with van der Waals surface area (Å²) in [5.74, 6) is 0.956. The van der Waals surface area contributed by atoms with Crippen LogP contribution in [0.25, 0.3) is 10.8 Å². The first-order chi connectivity index (χ1) is 13.3. The fraction of sp³-hybridized carbons (Fsp3) is 0.360. The molecule has 0 bridgehead atoms. The number of benzene rings is 3. The van der Waals surface area contributed by atoms with Crippen LogP contribution in [0.5, 0.6) is 5.75 Å². The Morgan fingerprint density at radius 3 is 2.33 bits per heavy atom. The number of hydrogen-bond acceptors (Lipinski definition) is 2. The van der Waals surface area contributed by atoms with Crippen LogP contribution in [-0.2, 0) is 13.0 Å². The fourth-order valence-electron chi connectivity index (χ4n) is 3.63. The van der Waals surface area contributed by atoms with Crippen LogP contribution >= 0.6 is 0 Å². The van der Waals surface area contributed by atoms with Gasteiger partial charge >= 0.3 is 0 Å². The van der Waals surface area contributed by atoms with Gasteiger partial charge in [-0.25, -0.2) is 0 Å². The Labute approximate surface area is 163 Å². The lowest BCUT2D eigenvalue weighted by Gasteiger charge is -2.21. The Morgan fingerprint density at radius 1 is 0.778 bits per heavy atom. The van der Waals surface area contributed by atoms with Gasteiger partial charge in [0, 0.05) is 6.54 Å². The van der Waals surface area contributed by atoms with Gasteiger partial charge in [-0.3, -0.25) is 0 Å². The van der Waals surface area contributed by atoms with Crippen LogP contribution < -0.4 is 4.74 Å². The fourth-order valence-corrected chi connectivity index (χ4v) is 3.63. The summed E-state index contributed by atoms with van der Waals surface area (Å²) in [6.07, 6.45) is 3.51. The lowest BCUT2D eigenvalue weighted by Crippen LogP contribution is -2.27. The topological polar surface area (TPSA) is 12.5 Å². The van der Waals surface area contributed by atoms with Gasteiger partial charge in [0.25, 0.3) is 0 Å². The van der Waals surface area contributed by atoms with E-state index in [-0.39, 0.29) is 0 Å². The van der Waals surface area contributed by atoms with Crippen molar-refractivity contribution in [3.8, 4) is 5.75 Å². The maximum Gasteiger partial charge on any atom is 0.120 e. The monoisotopic (exact) mass is 361 g/mol. The summed E-state index contributed by atoms with van der Waals surface area (Å²) in [6.45, 7) is 8.60. The van der Waals surface area contributed by atoms with E-state index in [1.807, 2.05) is 0 Å². The molecule has 0 unspecified atom stereocenters. The molecule has 0 aliphatic heterocycles. The van der Waals surface area contributed by atoms with Crippen LogP contribution in [0.3, 0.4) is 0 Å². The Balaban J connectivity index is 1.62. The van der Waals surface area contributed by atoms with Crippen LogP contribution in [0, 0.1) is 0 Å². The van der Waals surface area contributed by atoms with Crippen molar-refractivity contribution in [1.29, 1.82) is 0 Å². The van der Waals surface area contributed by atoms with E-state index in [0.29, 0.717) is 6.61 Å². The van der Waals surface area contributed by atoms with Crippen LogP contribution in [0.15, 0.2) is 66.7 Å². The molecule has 0 heterocycles. The molecule has 0 aromatic heterocycles. The summed E-state index contributed by atoms with van der Waals surface area (Å²) in [5, 5.41) is 2.53. The van der Waals surface area contributed by atoms with Crippen LogP contribution in [0.1, 0.15) is 37.8 Å². The molecule has 27 heavy (non-hydrogen) atoms. The molecule has 3 aromatic rings. The van der Waals surface area contributed by atoms with Gasteiger partial charge in [-0.2, -0.15) is 0 Å². The maximum absolute atomic E-state index is 6.13. The van der Waals surface area contributed by atoms with E-state index >= 15 is 0 Å². The largest absolute Gasteiger partial charge is 0.489 e. The Bertz CT molecular complexity index is 831. The van der Waals surface area contributed by atoms with Crippen molar-refractivity contribution in [2.75, 3.05) is 19.6 Å². The van der Waals surface area contributed by atoms with E-state index in [4.69, 9.17) is 4.74 Å². The third-order valence-corrected chi connectivity index (χ3v) is 4.97. The van der Waals surface area contributed by atoms with Gasteiger partial charge in [-0.1, -0.05) is 68.4 Å². The molecule has 0 radical (unpaired) electrons. The number of ether oxygens (including phenoxy) is 1. The zero-order chi connectivity index (χ0) is 18.9. The van der Waals surface area contributed by atoms with Crippen molar-refractivity contribution in [3.05, 3.63) is 77.9 Å². The van der Waals surface area contributed by atoms with Gasteiger partial charge in [0.2, 0.25) is 0 Å². The van der Waals surface area contributed by atoms with Gasteiger partial charge < -0.3 is 9.64 Å². The van der Waals surface area contributed by atoms with Gasteiger partial charge in [-0.05, 0) is 66.4 Å². The summed E-state index contributed by atoms with van der Waals surface area (Å²) in [7, 11) is 0. The summed E-state index contributed by atoms with van der Waals surface area (Å²) in [4.78, 5) is 2.56. The highest BCUT2D eigenvalue weighted by atomic mass is 16.5. The molecule has 0 saturated heterocycles. The molecule has 0 aliphatic carbocycles. The standard InChI is InChI=1S/C25H31NO/c1-3-16-26(17-4-2)18-15-21-9-7-13-24(19-21)27-20-23-12-8-11-22-10-5-6-14-25(22)23/h5-14,19H,3-4,15-18,20H2,1-2H3. The summed E-state index contributed by atoms with van der Waals surface area (Å²) >= 11 is 0. The third-order valence-electron chi connectivity index (χ3n) is 4.97. The predicted octanol–water partition coefficient (Wildman–Crippen LogP) is 6.08. The Hall–Kier alpha value is -2.32. The Morgan fingerprint density at radius 2 is 1.52 bits per heavy atom. The Kier molecular flexibility index (Phi) is 7.29. The highest BCUT2D eigenvalue weighted by Crippen LogP contribution is 2.21. The minimum absolute atomic E-state index is 0.600. The molecule has 0 spiro atoms. The quantitative estimate of drug-likeness (QED) is 0.434. The highest BCUT2D eigenvalue weighted by Gasteiger charge is 2.05. The molecule has 0 atom stereocenters. The second kappa shape index (κ2) is 10.1. The first-order valence-corrected chi connectivity index (χ1v) is 10.2. The van der Waals surface area contributed by atoms with E-state index in [1.165, 1.54) is 47.8 Å². The summed E-state index contributed by atoms with van der Waals surface area (Å²) in [5.41, 5.74) is 2.58. The van der Waals surface area contributed by atoms with Crippen molar-refractivity contribution in [2.45, 2.75) is 39.7 Å². The zero-order valence-corrected chi connectivity index (χ0v) is 16.7. The summed E-state index contributed by atoms with van der Waals surface area (Å²) in [6, 6.07) is 23.5. The highest BCUT2D eigenvalue weighted by molar-refractivity contribution is 5.85. The van der Waals surface area contributed by atoms with E-state index in [9.17, 15) is 0 Å². The van der Waals surface area contributed by atoms with E-state index in [0.717, 1.165) is 18.7 Å². The van der Waals surface area contributed by atoms with E-state index in [2.05, 4.69) is 85.5 Å².